The second-order valence-corrected chi connectivity index (χ2v) is 16.7. The topological polar surface area (TPSA) is 43.7 Å². The maximum Gasteiger partial charge on any atom is 0.158 e. The van der Waals surface area contributed by atoms with Crippen molar-refractivity contribution in [3.63, 3.8) is 0 Å². The van der Waals surface area contributed by atoms with Crippen LogP contribution in [-0.4, -0.2) is 10.2 Å². The van der Waals surface area contributed by atoms with Gasteiger partial charge in [-0.3, -0.25) is 0 Å². The third kappa shape index (κ3) is 6.37. The molecule has 1 aliphatic carbocycles. The molecule has 3 nitrogen and oxygen atoms in total. The fourth-order valence-electron chi connectivity index (χ4n) is 7.49. The summed E-state index contributed by atoms with van der Waals surface area (Å²) in [6, 6.07) is 53.7. The molecule has 260 valence electrons. The van der Waals surface area contributed by atoms with E-state index in [9.17, 15) is 10.2 Å². The minimum Gasteiger partial charge on any atom is -0.504 e. The lowest BCUT2D eigenvalue weighted by molar-refractivity contribution is 0.404. The number of unbranched alkanes of at least 4 members (excludes halogenated alkanes) is 1. The van der Waals surface area contributed by atoms with Gasteiger partial charge in [-0.25, -0.2) is 0 Å². The summed E-state index contributed by atoms with van der Waals surface area (Å²) in [4.78, 5) is 9.66. The molecular weight excluding hydrogens is 707 g/mol. The molecule has 2 N–H and O–H groups in total. The molecular formula is C47H37NO2S3. The lowest BCUT2D eigenvalue weighted by atomic mass is 9.90. The fourth-order valence-corrected chi connectivity index (χ4v) is 10.7. The van der Waals surface area contributed by atoms with Crippen LogP contribution in [0.15, 0.2) is 152 Å². The van der Waals surface area contributed by atoms with Crippen LogP contribution >= 0.6 is 34.0 Å². The van der Waals surface area contributed by atoms with Crippen molar-refractivity contribution < 1.29 is 10.2 Å². The zero-order valence-electron chi connectivity index (χ0n) is 29.2. The van der Waals surface area contributed by atoms with E-state index in [1.54, 1.807) is 17.4 Å². The van der Waals surface area contributed by atoms with E-state index >= 15 is 0 Å². The highest BCUT2D eigenvalue weighted by atomic mass is 32.1. The Bertz CT molecular complexity index is 2510. The molecule has 0 radical (unpaired) electrons. The maximum atomic E-state index is 9.99. The molecule has 3 heterocycles. The van der Waals surface area contributed by atoms with Gasteiger partial charge in [-0.2, -0.15) is 0 Å². The van der Waals surface area contributed by atoms with Gasteiger partial charge in [0.15, 0.2) is 11.5 Å². The van der Waals surface area contributed by atoms with Crippen molar-refractivity contribution in [2.24, 2.45) is 0 Å². The predicted molar refractivity (Wildman–Crippen MR) is 227 cm³/mol. The molecule has 6 heteroatoms. The Kier molecular flexibility index (Phi) is 8.96. The van der Waals surface area contributed by atoms with Gasteiger partial charge in [0.25, 0.3) is 0 Å². The number of rotatable bonds is 10. The zero-order chi connectivity index (χ0) is 35.9. The number of benzene rings is 5. The van der Waals surface area contributed by atoms with Gasteiger partial charge >= 0.3 is 0 Å². The average molecular weight is 744 g/mol. The van der Waals surface area contributed by atoms with Gasteiger partial charge in [0.1, 0.15) is 0 Å². The molecule has 0 amide bonds. The number of fused-ring (bicyclic) bond motifs is 3. The molecule has 0 aliphatic heterocycles. The van der Waals surface area contributed by atoms with E-state index in [0.29, 0.717) is 5.92 Å². The van der Waals surface area contributed by atoms with Crippen molar-refractivity contribution in [3.05, 3.63) is 163 Å². The van der Waals surface area contributed by atoms with Crippen molar-refractivity contribution in [3.8, 4) is 63.0 Å². The summed E-state index contributed by atoms with van der Waals surface area (Å²) in [7, 11) is 0. The van der Waals surface area contributed by atoms with Crippen LogP contribution in [0.1, 0.15) is 43.2 Å². The average Bonchev–Trinajstić information content (AvgIpc) is 4.02. The molecule has 0 spiro atoms. The largest absolute Gasteiger partial charge is 0.504 e. The van der Waals surface area contributed by atoms with Crippen LogP contribution in [0, 0.1) is 0 Å². The quantitative estimate of drug-likeness (QED) is 0.137. The van der Waals surface area contributed by atoms with E-state index in [1.807, 2.05) is 28.7 Å². The summed E-state index contributed by atoms with van der Waals surface area (Å²) in [5.41, 5.74) is 11.3. The number of hydrogen-bond acceptors (Lipinski definition) is 6. The number of phenolic OH excluding ortho intramolecular Hbond substituents is 2. The van der Waals surface area contributed by atoms with Gasteiger partial charge in [-0.15, -0.1) is 34.0 Å². The lowest BCUT2D eigenvalue weighted by Gasteiger charge is -2.26. The summed E-state index contributed by atoms with van der Waals surface area (Å²) < 4.78 is 0. The molecule has 1 aliphatic rings. The first kappa shape index (κ1) is 33.4. The van der Waals surface area contributed by atoms with Gasteiger partial charge in [0.2, 0.25) is 0 Å². The molecule has 3 aromatic heterocycles. The second kappa shape index (κ2) is 14.2. The van der Waals surface area contributed by atoms with E-state index in [2.05, 4.69) is 145 Å². The number of nitrogens with zero attached hydrogens (tertiary/aromatic N) is 1. The highest BCUT2D eigenvalue weighted by Gasteiger charge is 2.30. The third-order valence-corrected chi connectivity index (χ3v) is 13.9. The van der Waals surface area contributed by atoms with Crippen molar-refractivity contribution in [2.75, 3.05) is 4.90 Å². The van der Waals surface area contributed by atoms with E-state index in [1.165, 1.54) is 76.8 Å². The molecule has 8 aromatic rings. The Hall–Kier alpha value is -5.40. The van der Waals surface area contributed by atoms with Crippen molar-refractivity contribution >= 4 is 51.1 Å². The van der Waals surface area contributed by atoms with E-state index in [0.717, 1.165) is 28.2 Å². The highest BCUT2D eigenvalue weighted by Crippen LogP contribution is 2.51. The Labute approximate surface area is 322 Å². The van der Waals surface area contributed by atoms with Gasteiger partial charge in [-0.1, -0.05) is 74.4 Å². The lowest BCUT2D eigenvalue weighted by Crippen LogP contribution is -2.10. The van der Waals surface area contributed by atoms with Crippen molar-refractivity contribution in [1.29, 1.82) is 0 Å². The normalized spacial score (nSPS) is 13.2. The molecule has 5 aromatic carbocycles. The first-order chi connectivity index (χ1) is 26.0. The summed E-state index contributed by atoms with van der Waals surface area (Å²) >= 11 is 5.36. The van der Waals surface area contributed by atoms with Gasteiger partial charge in [-0.05, 0) is 137 Å². The minimum atomic E-state index is -0.103. The molecule has 9 rings (SSSR count). The van der Waals surface area contributed by atoms with Crippen LogP contribution in [0.2, 0.25) is 0 Å². The van der Waals surface area contributed by atoms with Crippen molar-refractivity contribution in [1.82, 2.24) is 0 Å². The second-order valence-electron chi connectivity index (χ2n) is 13.5. The number of aromatic hydroxyl groups is 2. The summed E-state index contributed by atoms with van der Waals surface area (Å²) in [6.45, 7) is 2.29. The number of anilines is 3. The number of phenols is 2. The zero-order valence-corrected chi connectivity index (χ0v) is 31.6. The third-order valence-electron chi connectivity index (χ3n) is 10.1. The van der Waals surface area contributed by atoms with Gasteiger partial charge < -0.3 is 15.1 Å². The highest BCUT2D eigenvalue weighted by molar-refractivity contribution is 7.27. The first-order valence-electron chi connectivity index (χ1n) is 18.1. The summed E-state index contributed by atoms with van der Waals surface area (Å²) in [6.07, 6.45) is 3.49. The fraction of sp³-hybridized carbons (Fsp3) is 0.106. The molecule has 0 bridgehead atoms. The maximum absolute atomic E-state index is 9.99. The van der Waals surface area contributed by atoms with E-state index < -0.39 is 0 Å². The van der Waals surface area contributed by atoms with Crippen molar-refractivity contribution in [2.45, 2.75) is 32.1 Å². The molecule has 1 atom stereocenters. The Balaban J connectivity index is 1.01. The number of thiophene rings is 3. The monoisotopic (exact) mass is 743 g/mol. The van der Waals surface area contributed by atoms with E-state index in [4.69, 9.17) is 0 Å². The van der Waals surface area contributed by atoms with Crippen LogP contribution in [0.4, 0.5) is 17.1 Å². The number of para-hydroxylation sites is 2. The summed E-state index contributed by atoms with van der Waals surface area (Å²) in [5.74, 6) is 0.152. The minimum absolute atomic E-state index is 0.100. The standard InChI is InChI=1S/C47H37NO2S3/c1-2-3-14-35-38-27-30(15-18-36(38)37-19-17-34(29-39(35)37)48(32-10-6-4-7-11-32)33-12-8-5-9-13-33)42-21-23-44(51-42)46-25-26-47(53-46)45-24-22-43(52-45)31-16-20-40(49)41(50)28-31/h4-13,15-29,35,49-50H,2-3,14H2,1H3. The van der Waals surface area contributed by atoms with Crippen LogP contribution in [0.3, 0.4) is 0 Å². The van der Waals surface area contributed by atoms with Crippen LogP contribution in [0.25, 0.3) is 51.5 Å². The predicted octanol–water partition coefficient (Wildman–Crippen LogP) is 14.7. The summed E-state index contributed by atoms with van der Waals surface area (Å²) in [5, 5.41) is 19.7. The SMILES string of the molecule is CCCCC1c2cc(-c3ccc(-c4ccc(-c5ccc(-c6ccc(O)c(O)c6)s5)s4)s3)ccc2-c2ccc(N(c3ccccc3)c3ccccc3)cc21. The molecule has 0 saturated heterocycles. The first-order valence-corrected chi connectivity index (χ1v) is 20.5. The molecule has 53 heavy (non-hydrogen) atoms. The van der Waals surface area contributed by atoms with Crippen LogP contribution in [0.5, 0.6) is 11.5 Å². The molecule has 0 saturated carbocycles. The van der Waals surface area contributed by atoms with E-state index in [-0.39, 0.29) is 11.5 Å². The Morgan fingerprint density at radius 3 is 1.53 bits per heavy atom. The van der Waals surface area contributed by atoms with Gasteiger partial charge in [0, 0.05) is 52.2 Å². The van der Waals surface area contributed by atoms with Crippen LogP contribution in [-0.2, 0) is 0 Å². The number of hydrogen-bond donors (Lipinski definition) is 2. The molecule has 1 unspecified atom stereocenters. The molecule has 0 fully saturated rings. The Morgan fingerprint density at radius 1 is 0.472 bits per heavy atom. The van der Waals surface area contributed by atoms with Gasteiger partial charge in [0.05, 0.1) is 0 Å². The smallest absolute Gasteiger partial charge is 0.158 e. The Morgan fingerprint density at radius 2 is 0.962 bits per heavy atom. The van der Waals surface area contributed by atoms with Crippen LogP contribution < -0.4 is 4.90 Å².